The normalized spacial score (nSPS) is 15.3. The van der Waals surface area contributed by atoms with Gasteiger partial charge in [0.1, 0.15) is 5.82 Å². The Morgan fingerprint density at radius 2 is 2.04 bits per heavy atom. The summed E-state index contributed by atoms with van der Waals surface area (Å²) in [5, 5.41) is 5.64. The topological polar surface area (TPSA) is 68.0 Å². The summed E-state index contributed by atoms with van der Waals surface area (Å²) in [6, 6.07) is 3.51. The molecule has 1 aromatic heterocycles. The molecule has 1 fully saturated rings. The fourth-order valence-corrected chi connectivity index (χ4v) is 2.12. The highest BCUT2D eigenvalue weighted by Crippen LogP contribution is 2.31. The molecule has 1 heterocycles. The molecule has 9 heteroatoms. The van der Waals surface area contributed by atoms with Crippen LogP contribution in [0, 0.1) is 11.7 Å². The number of alkyl halides is 3. The Labute approximate surface area is 127 Å². The summed E-state index contributed by atoms with van der Waals surface area (Å²) in [5.41, 5.74) is -0.0198. The van der Waals surface area contributed by atoms with E-state index in [4.69, 9.17) is 0 Å². The van der Waals surface area contributed by atoms with Crippen molar-refractivity contribution in [2.24, 2.45) is 5.92 Å². The van der Waals surface area contributed by atoms with Crippen molar-refractivity contribution < 1.29 is 26.9 Å². The van der Waals surface area contributed by atoms with Gasteiger partial charge in [0.2, 0.25) is 11.7 Å². The van der Waals surface area contributed by atoms with Crippen LogP contribution in [0.25, 0.3) is 11.4 Å². The fourth-order valence-electron chi connectivity index (χ4n) is 2.12. The van der Waals surface area contributed by atoms with E-state index >= 15 is 0 Å². The predicted molar refractivity (Wildman–Crippen MR) is 70.7 cm³/mol. The van der Waals surface area contributed by atoms with E-state index in [0.717, 1.165) is 25.3 Å². The van der Waals surface area contributed by atoms with Crippen molar-refractivity contribution in [3.8, 4) is 11.4 Å². The summed E-state index contributed by atoms with van der Waals surface area (Å²) in [6.07, 6.45) is -2.25. The van der Waals surface area contributed by atoms with Crippen molar-refractivity contribution in [3.63, 3.8) is 0 Å². The zero-order chi connectivity index (χ0) is 16.6. The molecule has 1 saturated carbocycles. The average Bonchev–Trinajstić information content (AvgIpc) is 2.88. The summed E-state index contributed by atoms with van der Waals surface area (Å²) < 4.78 is 55.3. The number of hydrogen-bond acceptors (Lipinski definition) is 4. The Bertz CT molecular complexity index is 738. The third-order valence-corrected chi connectivity index (χ3v) is 3.63. The molecule has 5 nitrogen and oxygen atoms in total. The molecule has 1 N–H and O–H groups in total. The summed E-state index contributed by atoms with van der Waals surface area (Å²) in [5.74, 6) is -3.04. The minimum Gasteiger partial charge on any atom is -0.329 e. The van der Waals surface area contributed by atoms with Gasteiger partial charge in [-0.2, -0.15) is 18.2 Å². The second kappa shape index (κ2) is 5.64. The average molecular weight is 329 g/mol. The zero-order valence-corrected chi connectivity index (χ0v) is 11.7. The molecular formula is C14H11F4N3O2. The number of anilines is 1. The monoisotopic (exact) mass is 329 g/mol. The Morgan fingerprint density at radius 1 is 1.30 bits per heavy atom. The number of carbonyl (C=O) groups excluding carboxylic acids is 1. The van der Waals surface area contributed by atoms with Crippen LogP contribution in [0.3, 0.4) is 0 Å². The molecule has 3 rings (SSSR count). The van der Waals surface area contributed by atoms with E-state index in [2.05, 4.69) is 20.0 Å². The third kappa shape index (κ3) is 3.17. The minimum absolute atomic E-state index is 0.0170. The van der Waals surface area contributed by atoms with Gasteiger partial charge in [0.15, 0.2) is 0 Å². The summed E-state index contributed by atoms with van der Waals surface area (Å²) in [7, 11) is 0. The number of nitrogens with one attached hydrogen (secondary N) is 1. The van der Waals surface area contributed by atoms with Crippen LogP contribution in [0.15, 0.2) is 22.7 Å². The van der Waals surface area contributed by atoms with E-state index in [1.165, 1.54) is 12.1 Å². The Kier molecular flexibility index (Phi) is 3.78. The van der Waals surface area contributed by atoms with Gasteiger partial charge >= 0.3 is 12.1 Å². The lowest BCUT2D eigenvalue weighted by Gasteiger charge is -2.24. The maximum absolute atomic E-state index is 14.0. The van der Waals surface area contributed by atoms with Crippen LogP contribution >= 0.6 is 0 Å². The number of aromatic nitrogens is 2. The van der Waals surface area contributed by atoms with E-state index in [0.29, 0.717) is 0 Å². The van der Waals surface area contributed by atoms with Crippen LogP contribution in [0.4, 0.5) is 23.2 Å². The summed E-state index contributed by atoms with van der Waals surface area (Å²) in [4.78, 5) is 15.0. The van der Waals surface area contributed by atoms with Crippen LogP contribution in [0.2, 0.25) is 0 Å². The molecule has 0 spiro atoms. The van der Waals surface area contributed by atoms with Crippen molar-refractivity contribution in [2.75, 3.05) is 5.32 Å². The Balaban J connectivity index is 1.78. The molecular weight excluding hydrogens is 318 g/mol. The van der Waals surface area contributed by atoms with E-state index < -0.39 is 17.9 Å². The van der Waals surface area contributed by atoms with Crippen LogP contribution in [-0.2, 0) is 11.0 Å². The molecule has 0 bridgehead atoms. The van der Waals surface area contributed by atoms with Gasteiger partial charge in [-0.3, -0.25) is 4.79 Å². The second-order valence-corrected chi connectivity index (χ2v) is 5.23. The molecule has 0 unspecified atom stereocenters. The first-order valence-electron chi connectivity index (χ1n) is 6.86. The number of halogens is 4. The van der Waals surface area contributed by atoms with E-state index in [9.17, 15) is 22.4 Å². The highest BCUT2D eigenvalue weighted by atomic mass is 19.4. The Morgan fingerprint density at radius 3 is 2.57 bits per heavy atom. The van der Waals surface area contributed by atoms with Crippen LogP contribution < -0.4 is 5.32 Å². The lowest BCUT2D eigenvalue weighted by atomic mass is 9.85. The van der Waals surface area contributed by atoms with E-state index in [1.54, 1.807) is 0 Å². The van der Waals surface area contributed by atoms with Crippen molar-refractivity contribution in [3.05, 3.63) is 29.9 Å². The molecule has 0 aliphatic heterocycles. The molecule has 1 amide bonds. The quantitative estimate of drug-likeness (QED) is 0.873. The van der Waals surface area contributed by atoms with Crippen molar-refractivity contribution in [1.29, 1.82) is 0 Å². The first-order valence-corrected chi connectivity index (χ1v) is 6.86. The first kappa shape index (κ1) is 15.4. The number of benzene rings is 1. The summed E-state index contributed by atoms with van der Waals surface area (Å²) >= 11 is 0. The van der Waals surface area contributed by atoms with Crippen molar-refractivity contribution in [2.45, 2.75) is 25.4 Å². The van der Waals surface area contributed by atoms with Gasteiger partial charge in [0.05, 0.1) is 5.69 Å². The predicted octanol–water partition coefficient (Wildman–Crippen LogP) is 3.63. The Hall–Kier alpha value is -2.45. The lowest BCUT2D eigenvalue weighted by Crippen LogP contribution is -2.28. The number of carbonyl (C=O) groups is 1. The number of amides is 1. The molecule has 1 aromatic carbocycles. The molecule has 122 valence electrons. The molecule has 0 atom stereocenters. The van der Waals surface area contributed by atoms with Gasteiger partial charge in [0, 0.05) is 11.5 Å². The standard InChI is InChI=1S/C14H11F4N3O2/c15-9-6-8(11-20-13(23-21-11)14(16,17)18)4-5-10(9)19-12(22)7-2-1-3-7/h4-7H,1-3H2,(H,19,22). The summed E-state index contributed by atoms with van der Waals surface area (Å²) in [6.45, 7) is 0. The van der Waals surface area contributed by atoms with Gasteiger partial charge in [-0.1, -0.05) is 11.6 Å². The fraction of sp³-hybridized carbons (Fsp3) is 0.357. The first-order chi connectivity index (χ1) is 10.8. The van der Waals surface area contributed by atoms with Gasteiger partial charge < -0.3 is 9.84 Å². The zero-order valence-electron chi connectivity index (χ0n) is 11.7. The van der Waals surface area contributed by atoms with Crippen molar-refractivity contribution >= 4 is 11.6 Å². The van der Waals surface area contributed by atoms with Crippen LogP contribution in [0.1, 0.15) is 25.2 Å². The number of nitrogens with zero attached hydrogens (tertiary/aromatic N) is 2. The van der Waals surface area contributed by atoms with Gasteiger partial charge in [-0.15, -0.1) is 0 Å². The van der Waals surface area contributed by atoms with E-state index in [-0.39, 0.29) is 28.9 Å². The molecule has 0 radical (unpaired) electrons. The molecule has 1 aliphatic carbocycles. The highest BCUT2D eigenvalue weighted by Gasteiger charge is 2.38. The van der Waals surface area contributed by atoms with E-state index in [1.807, 2.05) is 0 Å². The molecule has 23 heavy (non-hydrogen) atoms. The number of hydrogen-bond donors (Lipinski definition) is 1. The van der Waals surface area contributed by atoms with Gasteiger partial charge in [0.25, 0.3) is 0 Å². The maximum Gasteiger partial charge on any atom is 0.471 e. The smallest absolute Gasteiger partial charge is 0.329 e. The van der Waals surface area contributed by atoms with Crippen LogP contribution in [0.5, 0.6) is 0 Å². The van der Waals surface area contributed by atoms with Gasteiger partial charge in [-0.05, 0) is 31.0 Å². The van der Waals surface area contributed by atoms with Crippen LogP contribution in [-0.4, -0.2) is 16.0 Å². The molecule has 1 aliphatic rings. The second-order valence-electron chi connectivity index (χ2n) is 5.23. The van der Waals surface area contributed by atoms with Crippen molar-refractivity contribution in [1.82, 2.24) is 10.1 Å². The third-order valence-electron chi connectivity index (χ3n) is 3.63. The largest absolute Gasteiger partial charge is 0.471 e. The van der Waals surface area contributed by atoms with Gasteiger partial charge in [-0.25, -0.2) is 4.39 Å². The highest BCUT2D eigenvalue weighted by molar-refractivity contribution is 5.93. The number of rotatable bonds is 3. The lowest BCUT2D eigenvalue weighted by molar-refractivity contribution is -0.159. The molecule has 2 aromatic rings. The maximum atomic E-state index is 14.0. The minimum atomic E-state index is -4.76. The SMILES string of the molecule is O=C(Nc1ccc(-c2noc(C(F)(F)F)n2)cc1F)C1CCC1. The molecule has 0 saturated heterocycles.